The van der Waals surface area contributed by atoms with Crippen LogP contribution in [0.25, 0.3) is 11.0 Å². The summed E-state index contributed by atoms with van der Waals surface area (Å²) in [5.74, 6) is 0.653. The van der Waals surface area contributed by atoms with Gasteiger partial charge >= 0.3 is 0 Å². The summed E-state index contributed by atoms with van der Waals surface area (Å²) in [6.07, 6.45) is 0.613. The van der Waals surface area contributed by atoms with E-state index in [1.54, 1.807) is 36.4 Å². The van der Waals surface area contributed by atoms with Gasteiger partial charge in [0.1, 0.15) is 11.3 Å². The van der Waals surface area contributed by atoms with Crippen molar-refractivity contribution in [3.05, 3.63) is 77.3 Å². The zero-order valence-electron chi connectivity index (χ0n) is 16.9. The lowest BCUT2D eigenvalue weighted by atomic mass is 10.2. The monoisotopic (exact) mass is 504 g/mol. The maximum atomic E-state index is 13.0. The number of benzene rings is 3. The number of sulfonamides is 2. The van der Waals surface area contributed by atoms with Crippen molar-refractivity contribution in [3.63, 3.8) is 0 Å². The molecule has 0 atom stereocenters. The fourth-order valence-corrected chi connectivity index (χ4v) is 5.85. The van der Waals surface area contributed by atoms with E-state index in [1.807, 2.05) is 0 Å². The standard InChI is InChI=1S/C22H17ClN2O6S2/c23-16-5-7-18(24-32(26,27)17-6-8-20-15(11-17)9-10-30-20)19(13-16)25-33(28,29)22-12-14-3-1-2-4-21(14)31-22/h1-8,11-13,24-25H,9-10H2. The molecule has 0 amide bonds. The van der Waals surface area contributed by atoms with Crippen molar-refractivity contribution in [1.82, 2.24) is 0 Å². The van der Waals surface area contributed by atoms with Crippen LogP contribution in [0.5, 0.6) is 5.75 Å². The van der Waals surface area contributed by atoms with Crippen molar-refractivity contribution in [1.29, 1.82) is 0 Å². The van der Waals surface area contributed by atoms with E-state index in [2.05, 4.69) is 9.44 Å². The van der Waals surface area contributed by atoms with Crippen molar-refractivity contribution in [2.75, 3.05) is 16.1 Å². The van der Waals surface area contributed by atoms with Crippen molar-refractivity contribution < 1.29 is 26.0 Å². The first-order chi connectivity index (χ1) is 15.7. The summed E-state index contributed by atoms with van der Waals surface area (Å²) < 4.78 is 67.6. The van der Waals surface area contributed by atoms with Crippen LogP contribution in [0, 0.1) is 0 Å². The Balaban J connectivity index is 1.48. The highest BCUT2D eigenvalue weighted by Crippen LogP contribution is 2.33. The van der Waals surface area contributed by atoms with Crippen LogP contribution in [0.2, 0.25) is 5.02 Å². The molecular weight excluding hydrogens is 488 g/mol. The number of rotatable bonds is 6. The van der Waals surface area contributed by atoms with E-state index in [4.69, 9.17) is 20.8 Å². The first-order valence-corrected chi connectivity index (χ1v) is 13.2. The zero-order chi connectivity index (χ0) is 23.2. The summed E-state index contributed by atoms with van der Waals surface area (Å²) in [6, 6.07) is 17.0. The van der Waals surface area contributed by atoms with Gasteiger partial charge < -0.3 is 9.15 Å². The Morgan fingerprint density at radius 3 is 2.42 bits per heavy atom. The second-order valence-corrected chi connectivity index (χ2v) is 11.1. The molecule has 33 heavy (non-hydrogen) atoms. The molecule has 0 spiro atoms. The molecule has 1 aliphatic heterocycles. The lowest BCUT2D eigenvalue weighted by Crippen LogP contribution is -2.17. The predicted molar refractivity (Wildman–Crippen MR) is 125 cm³/mol. The molecule has 170 valence electrons. The molecule has 0 saturated carbocycles. The van der Waals surface area contributed by atoms with E-state index in [0.717, 1.165) is 5.56 Å². The Kier molecular flexibility index (Phi) is 5.23. The number of hydrogen-bond acceptors (Lipinski definition) is 6. The second kappa shape index (κ2) is 7.98. The van der Waals surface area contributed by atoms with Crippen LogP contribution in [-0.4, -0.2) is 23.4 Å². The van der Waals surface area contributed by atoms with E-state index in [9.17, 15) is 16.8 Å². The van der Waals surface area contributed by atoms with Gasteiger partial charge in [0.15, 0.2) is 0 Å². The number of furan rings is 1. The Labute approximate surface area is 195 Å². The van der Waals surface area contributed by atoms with Crippen molar-refractivity contribution in [2.24, 2.45) is 0 Å². The average molecular weight is 505 g/mol. The number of fused-ring (bicyclic) bond motifs is 2. The Morgan fingerprint density at radius 1 is 0.818 bits per heavy atom. The summed E-state index contributed by atoms with van der Waals surface area (Å²) in [5.41, 5.74) is 1.16. The van der Waals surface area contributed by atoms with Gasteiger partial charge in [0.2, 0.25) is 5.09 Å². The lowest BCUT2D eigenvalue weighted by molar-refractivity contribution is 0.356. The summed E-state index contributed by atoms with van der Waals surface area (Å²) in [7, 11) is -8.19. The smallest absolute Gasteiger partial charge is 0.295 e. The quantitative estimate of drug-likeness (QED) is 0.396. The van der Waals surface area contributed by atoms with Gasteiger partial charge in [0, 0.05) is 22.9 Å². The van der Waals surface area contributed by atoms with Gasteiger partial charge in [-0.15, -0.1) is 0 Å². The maximum absolute atomic E-state index is 13.0. The van der Waals surface area contributed by atoms with Crippen LogP contribution in [0.3, 0.4) is 0 Å². The van der Waals surface area contributed by atoms with Gasteiger partial charge in [0.25, 0.3) is 20.0 Å². The molecule has 0 bridgehead atoms. The molecule has 3 aromatic carbocycles. The normalized spacial score (nSPS) is 13.5. The number of anilines is 2. The van der Waals surface area contributed by atoms with Crippen molar-refractivity contribution in [2.45, 2.75) is 16.4 Å². The van der Waals surface area contributed by atoms with E-state index in [-0.39, 0.29) is 26.4 Å². The van der Waals surface area contributed by atoms with E-state index >= 15 is 0 Å². The van der Waals surface area contributed by atoms with Crippen LogP contribution in [0.1, 0.15) is 5.56 Å². The minimum absolute atomic E-state index is 0.0100. The molecule has 8 nitrogen and oxygen atoms in total. The van der Waals surface area contributed by atoms with Crippen LogP contribution in [0.15, 0.2) is 81.1 Å². The largest absolute Gasteiger partial charge is 0.493 e. The van der Waals surface area contributed by atoms with Gasteiger partial charge in [0.05, 0.1) is 22.9 Å². The Hall–Kier alpha value is -3.21. The van der Waals surface area contributed by atoms with E-state index in [1.165, 1.54) is 30.3 Å². The number of para-hydroxylation sites is 1. The van der Waals surface area contributed by atoms with Crippen LogP contribution in [-0.2, 0) is 26.5 Å². The molecule has 2 heterocycles. The van der Waals surface area contributed by atoms with Crippen molar-refractivity contribution in [3.8, 4) is 5.75 Å². The van der Waals surface area contributed by atoms with Gasteiger partial charge in [-0.3, -0.25) is 9.44 Å². The van der Waals surface area contributed by atoms with Crippen LogP contribution in [0.4, 0.5) is 11.4 Å². The fraction of sp³-hybridized carbons (Fsp3) is 0.0909. The maximum Gasteiger partial charge on any atom is 0.295 e. The Bertz CT molecular complexity index is 1560. The molecule has 0 saturated heterocycles. The molecular formula is C22H17ClN2O6S2. The third-order valence-electron chi connectivity index (χ3n) is 5.11. The molecule has 1 aromatic heterocycles. The molecule has 0 fully saturated rings. The van der Waals surface area contributed by atoms with Crippen LogP contribution < -0.4 is 14.2 Å². The Morgan fingerprint density at radius 2 is 1.61 bits per heavy atom. The highest BCUT2D eigenvalue weighted by atomic mass is 35.5. The highest BCUT2D eigenvalue weighted by molar-refractivity contribution is 7.93. The molecule has 0 unspecified atom stereocenters. The van der Waals surface area contributed by atoms with Crippen LogP contribution >= 0.6 is 11.6 Å². The van der Waals surface area contributed by atoms with Gasteiger partial charge in [-0.25, -0.2) is 8.42 Å². The number of hydrogen-bond donors (Lipinski definition) is 2. The second-order valence-electron chi connectivity index (χ2n) is 7.37. The SMILES string of the molecule is O=S(=O)(Nc1ccc(Cl)cc1NS(=O)(=O)c1cc2ccccc2o1)c1ccc2c(c1)CCO2. The lowest BCUT2D eigenvalue weighted by Gasteiger charge is -2.14. The van der Waals surface area contributed by atoms with E-state index < -0.39 is 20.0 Å². The minimum Gasteiger partial charge on any atom is -0.493 e. The first kappa shape index (κ1) is 21.6. The predicted octanol–water partition coefficient (Wildman–Crippen LogP) is 4.62. The highest BCUT2D eigenvalue weighted by Gasteiger charge is 2.24. The molecule has 1 aliphatic rings. The van der Waals surface area contributed by atoms with Crippen molar-refractivity contribution >= 4 is 54.0 Å². The molecule has 4 aromatic rings. The van der Waals surface area contributed by atoms with E-state index in [0.29, 0.717) is 29.7 Å². The average Bonchev–Trinajstić information content (AvgIpc) is 3.42. The molecule has 0 aliphatic carbocycles. The minimum atomic E-state index is -4.17. The number of ether oxygens (including phenoxy) is 1. The summed E-state index contributed by atoms with van der Waals surface area (Å²) in [4.78, 5) is 0.0350. The molecule has 11 heteroatoms. The summed E-state index contributed by atoms with van der Waals surface area (Å²) in [6.45, 7) is 0.497. The van der Waals surface area contributed by atoms with Gasteiger partial charge in [-0.05, 0) is 48.0 Å². The molecule has 0 radical (unpaired) electrons. The number of halogens is 1. The molecule has 2 N–H and O–H groups in total. The molecule has 5 rings (SSSR count). The fourth-order valence-electron chi connectivity index (χ4n) is 3.51. The number of nitrogens with one attached hydrogen (secondary N) is 2. The zero-order valence-corrected chi connectivity index (χ0v) is 19.3. The third kappa shape index (κ3) is 4.24. The summed E-state index contributed by atoms with van der Waals surface area (Å²) >= 11 is 6.06. The summed E-state index contributed by atoms with van der Waals surface area (Å²) in [5, 5.41) is 0.525. The topological polar surface area (TPSA) is 115 Å². The third-order valence-corrected chi connectivity index (χ3v) is 7.93. The van der Waals surface area contributed by atoms with Gasteiger partial charge in [-0.2, -0.15) is 8.42 Å². The van der Waals surface area contributed by atoms with Gasteiger partial charge in [-0.1, -0.05) is 29.8 Å². The first-order valence-electron chi connectivity index (χ1n) is 9.81.